The molecule has 0 spiro atoms. The molecule has 12 heavy (non-hydrogen) atoms. The van der Waals surface area contributed by atoms with Crippen LogP contribution in [0.25, 0.3) is 0 Å². The van der Waals surface area contributed by atoms with E-state index in [1.165, 1.54) is 0 Å². The van der Waals surface area contributed by atoms with Crippen LogP contribution in [0.4, 0.5) is 0 Å². The minimum Gasteiger partial charge on any atom is -0.303 e. The Bertz CT molecular complexity index is 275. The van der Waals surface area contributed by atoms with E-state index in [0.717, 1.165) is 11.8 Å². The topological polar surface area (TPSA) is 30.0 Å². The van der Waals surface area contributed by atoms with E-state index in [1.54, 1.807) is 12.4 Å². The Kier molecular flexibility index (Phi) is 3.23. The summed E-state index contributed by atoms with van der Waals surface area (Å²) >= 11 is 5.74. The number of pyridine rings is 1. The van der Waals surface area contributed by atoms with Crippen molar-refractivity contribution in [2.24, 2.45) is 0 Å². The highest BCUT2D eigenvalue weighted by Gasteiger charge is 2.04. The first-order chi connectivity index (χ1) is 5.74. The van der Waals surface area contributed by atoms with Crippen LogP contribution in [0.2, 0.25) is 5.02 Å². The molecule has 1 atom stereocenters. The van der Waals surface area contributed by atoms with Gasteiger partial charge in [-0.3, -0.25) is 4.98 Å². The van der Waals surface area contributed by atoms with Gasteiger partial charge in [-0.25, -0.2) is 0 Å². The van der Waals surface area contributed by atoms with Crippen molar-refractivity contribution in [3.8, 4) is 0 Å². The molecule has 0 saturated heterocycles. The first kappa shape index (κ1) is 9.20. The second-order valence-corrected chi connectivity index (χ2v) is 3.18. The monoisotopic (exact) mass is 183 g/mol. The minimum atomic E-state index is 0.202. The summed E-state index contributed by atoms with van der Waals surface area (Å²) in [6, 6.07) is 1.84. The van der Waals surface area contributed by atoms with Crippen molar-refractivity contribution in [3.63, 3.8) is 0 Å². The molecule has 0 aliphatic carbocycles. The van der Waals surface area contributed by atoms with Crippen molar-refractivity contribution in [3.05, 3.63) is 29.0 Å². The van der Waals surface area contributed by atoms with Gasteiger partial charge in [0.25, 0.3) is 0 Å². The van der Waals surface area contributed by atoms with Crippen LogP contribution in [0.5, 0.6) is 0 Å². The normalized spacial score (nSPS) is 12.5. The minimum absolute atomic E-state index is 0.202. The van der Waals surface area contributed by atoms with E-state index in [9.17, 15) is 4.79 Å². The average molecular weight is 184 g/mol. The van der Waals surface area contributed by atoms with Crippen molar-refractivity contribution in [2.75, 3.05) is 0 Å². The summed E-state index contributed by atoms with van der Waals surface area (Å²) in [5.74, 6) is 0.202. The van der Waals surface area contributed by atoms with Crippen molar-refractivity contribution in [1.29, 1.82) is 0 Å². The van der Waals surface area contributed by atoms with Crippen LogP contribution in [0.3, 0.4) is 0 Å². The van der Waals surface area contributed by atoms with E-state index in [4.69, 9.17) is 11.6 Å². The molecular formula is C9H10ClNO. The summed E-state index contributed by atoms with van der Waals surface area (Å²) < 4.78 is 0. The smallest absolute Gasteiger partial charge is 0.120 e. The molecule has 2 nitrogen and oxygen atoms in total. The second-order valence-electron chi connectivity index (χ2n) is 2.74. The molecular weight excluding hydrogens is 174 g/mol. The molecule has 0 bridgehead atoms. The highest BCUT2D eigenvalue weighted by atomic mass is 35.5. The van der Waals surface area contributed by atoms with Gasteiger partial charge in [-0.2, -0.15) is 0 Å². The number of rotatable bonds is 3. The van der Waals surface area contributed by atoms with Gasteiger partial charge in [0, 0.05) is 18.8 Å². The van der Waals surface area contributed by atoms with Gasteiger partial charge >= 0.3 is 0 Å². The van der Waals surface area contributed by atoms with Crippen LogP contribution in [0.15, 0.2) is 18.5 Å². The Morgan fingerprint density at radius 1 is 1.67 bits per heavy atom. The molecule has 0 aliphatic rings. The Labute approximate surface area is 76.6 Å². The molecule has 0 fully saturated rings. The third-order valence-corrected chi connectivity index (χ3v) is 1.95. The molecule has 0 saturated carbocycles. The largest absolute Gasteiger partial charge is 0.303 e. The first-order valence-corrected chi connectivity index (χ1v) is 4.16. The van der Waals surface area contributed by atoms with Gasteiger partial charge in [0.1, 0.15) is 6.29 Å². The second kappa shape index (κ2) is 4.21. The van der Waals surface area contributed by atoms with E-state index in [-0.39, 0.29) is 5.92 Å². The number of carbonyl (C=O) groups excluding carboxylic acids is 1. The number of nitrogens with zero attached hydrogens (tertiary/aromatic N) is 1. The van der Waals surface area contributed by atoms with Crippen molar-refractivity contribution >= 4 is 17.9 Å². The maximum Gasteiger partial charge on any atom is 0.120 e. The summed E-state index contributed by atoms with van der Waals surface area (Å²) in [5, 5.41) is 0.616. The highest BCUT2D eigenvalue weighted by Crippen LogP contribution is 2.19. The molecule has 3 heteroatoms. The van der Waals surface area contributed by atoms with E-state index in [0.29, 0.717) is 11.4 Å². The zero-order valence-corrected chi connectivity index (χ0v) is 7.58. The molecule has 64 valence electrons. The lowest BCUT2D eigenvalue weighted by molar-refractivity contribution is -0.108. The van der Waals surface area contributed by atoms with Crippen molar-refractivity contribution in [2.45, 2.75) is 19.3 Å². The number of halogens is 1. The third kappa shape index (κ3) is 2.31. The van der Waals surface area contributed by atoms with Crippen LogP contribution in [-0.4, -0.2) is 11.3 Å². The van der Waals surface area contributed by atoms with Crippen LogP contribution < -0.4 is 0 Å². The molecule has 1 aromatic rings. The van der Waals surface area contributed by atoms with E-state index in [2.05, 4.69) is 4.98 Å². The fraction of sp³-hybridized carbons (Fsp3) is 0.333. The van der Waals surface area contributed by atoms with Gasteiger partial charge in [-0.15, -0.1) is 0 Å². The number of aromatic nitrogens is 1. The summed E-state index contributed by atoms with van der Waals surface area (Å²) in [6.07, 6.45) is 4.74. The lowest BCUT2D eigenvalue weighted by Crippen LogP contribution is -1.94. The zero-order valence-electron chi connectivity index (χ0n) is 6.83. The van der Waals surface area contributed by atoms with Gasteiger partial charge in [0.2, 0.25) is 0 Å². The van der Waals surface area contributed by atoms with Gasteiger partial charge < -0.3 is 4.79 Å². The SMILES string of the molecule is CC(CC=O)c1cncc(Cl)c1. The number of hydrogen-bond donors (Lipinski definition) is 0. The Morgan fingerprint density at radius 3 is 3.00 bits per heavy atom. The fourth-order valence-electron chi connectivity index (χ4n) is 0.978. The molecule has 0 N–H and O–H groups in total. The molecule has 1 rings (SSSR count). The highest BCUT2D eigenvalue weighted by molar-refractivity contribution is 6.30. The van der Waals surface area contributed by atoms with Crippen LogP contribution >= 0.6 is 11.6 Å². The van der Waals surface area contributed by atoms with E-state index < -0.39 is 0 Å². The first-order valence-electron chi connectivity index (χ1n) is 3.78. The fourth-order valence-corrected chi connectivity index (χ4v) is 1.16. The Balaban J connectivity index is 2.80. The average Bonchev–Trinajstić information content (AvgIpc) is 2.05. The summed E-state index contributed by atoms with van der Waals surface area (Å²) in [5.41, 5.74) is 1.01. The summed E-state index contributed by atoms with van der Waals surface area (Å²) in [4.78, 5) is 14.2. The zero-order chi connectivity index (χ0) is 8.97. The molecule has 1 heterocycles. The molecule has 0 aliphatic heterocycles. The van der Waals surface area contributed by atoms with Gasteiger partial charge in [0.15, 0.2) is 0 Å². The Morgan fingerprint density at radius 2 is 2.42 bits per heavy atom. The lowest BCUT2D eigenvalue weighted by Gasteiger charge is -2.06. The predicted molar refractivity (Wildman–Crippen MR) is 48.3 cm³/mol. The Hall–Kier alpha value is -0.890. The number of hydrogen-bond acceptors (Lipinski definition) is 2. The van der Waals surface area contributed by atoms with Crippen LogP contribution in [0.1, 0.15) is 24.8 Å². The molecule has 1 unspecified atom stereocenters. The standard InChI is InChI=1S/C9H10ClNO/c1-7(2-3-12)8-4-9(10)6-11-5-8/h3-7H,2H2,1H3. The lowest BCUT2D eigenvalue weighted by atomic mass is 10.0. The maximum absolute atomic E-state index is 10.2. The van der Waals surface area contributed by atoms with E-state index >= 15 is 0 Å². The maximum atomic E-state index is 10.2. The number of carbonyl (C=O) groups is 1. The molecule has 0 amide bonds. The van der Waals surface area contributed by atoms with Gasteiger partial charge in [-0.1, -0.05) is 18.5 Å². The summed E-state index contributed by atoms with van der Waals surface area (Å²) in [6.45, 7) is 1.97. The summed E-state index contributed by atoms with van der Waals surface area (Å²) in [7, 11) is 0. The molecule has 1 aromatic heterocycles. The molecule has 0 radical (unpaired) electrons. The quantitative estimate of drug-likeness (QED) is 0.674. The molecule has 0 aromatic carbocycles. The van der Waals surface area contributed by atoms with Gasteiger partial charge in [0.05, 0.1) is 5.02 Å². The number of aldehydes is 1. The van der Waals surface area contributed by atoms with E-state index in [1.807, 2.05) is 13.0 Å². The van der Waals surface area contributed by atoms with Gasteiger partial charge in [-0.05, 0) is 17.5 Å². The van der Waals surface area contributed by atoms with Crippen molar-refractivity contribution in [1.82, 2.24) is 4.98 Å². The van der Waals surface area contributed by atoms with Crippen LogP contribution in [-0.2, 0) is 4.79 Å². The predicted octanol–water partition coefficient (Wildman–Crippen LogP) is 2.43. The van der Waals surface area contributed by atoms with Crippen molar-refractivity contribution < 1.29 is 4.79 Å². The third-order valence-electron chi connectivity index (χ3n) is 1.74. The van der Waals surface area contributed by atoms with Crippen LogP contribution in [0, 0.1) is 0 Å².